The Morgan fingerprint density at radius 2 is 2.10 bits per heavy atom. The van der Waals surface area contributed by atoms with E-state index >= 15 is 0 Å². The molecule has 29 heavy (non-hydrogen) atoms. The molecule has 1 spiro atoms. The van der Waals surface area contributed by atoms with Gasteiger partial charge in [-0.1, -0.05) is 28.1 Å². The van der Waals surface area contributed by atoms with Crippen molar-refractivity contribution in [3.8, 4) is 22.8 Å². The van der Waals surface area contributed by atoms with Crippen LogP contribution in [0.2, 0.25) is 0 Å². The van der Waals surface area contributed by atoms with E-state index in [0.717, 1.165) is 76.2 Å². The molecule has 7 heteroatoms. The average Bonchev–Trinajstić information content (AvgIpc) is 2.99. The predicted molar refractivity (Wildman–Crippen MR) is 114 cm³/mol. The number of aromatic nitrogens is 3. The number of carbonyl (C=O) groups is 1. The first-order chi connectivity index (χ1) is 14.0. The van der Waals surface area contributed by atoms with Crippen LogP contribution in [-0.2, 0) is 26.3 Å². The van der Waals surface area contributed by atoms with E-state index < -0.39 is 0 Å². The molecule has 0 saturated carbocycles. The number of amides is 1. The van der Waals surface area contributed by atoms with Crippen molar-refractivity contribution in [3.63, 3.8) is 0 Å². The summed E-state index contributed by atoms with van der Waals surface area (Å²) in [5.41, 5.74) is 7.17. The van der Waals surface area contributed by atoms with E-state index in [4.69, 9.17) is 4.98 Å². The zero-order chi connectivity index (χ0) is 19.8. The molecule has 1 aliphatic carbocycles. The molecule has 0 bridgehead atoms. The van der Waals surface area contributed by atoms with Crippen molar-refractivity contribution in [2.24, 2.45) is 7.05 Å². The highest BCUT2D eigenvalue weighted by Crippen LogP contribution is 2.40. The smallest absolute Gasteiger partial charge is 0.253 e. The Morgan fingerprint density at radius 1 is 1.24 bits per heavy atom. The number of hydrogen-bond acceptors (Lipinski definition) is 4. The summed E-state index contributed by atoms with van der Waals surface area (Å²) in [5.74, 6) is 0.774. The van der Waals surface area contributed by atoms with Crippen LogP contribution < -0.4 is 10.6 Å². The van der Waals surface area contributed by atoms with Gasteiger partial charge >= 0.3 is 0 Å². The van der Waals surface area contributed by atoms with Crippen molar-refractivity contribution < 1.29 is 4.79 Å². The molecule has 2 aromatic heterocycles. The molecule has 4 heterocycles. The Hall–Kier alpha value is -2.51. The first-order valence-corrected chi connectivity index (χ1v) is 10.7. The fourth-order valence-electron chi connectivity index (χ4n) is 4.95. The molecule has 0 atom stereocenters. The number of rotatable bonds is 1. The summed E-state index contributed by atoms with van der Waals surface area (Å²) in [5, 5.41) is 6.57. The molecule has 3 aromatic rings. The van der Waals surface area contributed by atoms with Crippen LogP contribution in [0.5, 0.6) is 0 Å². The summed E-state index contributed by atoms with van der Waals surface area (Å²) in [4.78, 5) is 22.6. The van der Waals surface area contributed by atoms with E-state index in [1.165, 1.54) is 0 Å². The van der Waals surface area contributed by atoms with E-state index in [0.29, 0.717) is 5.82 Å². The third kappa shape index (κ3) is 2.47. The summed E-state index contributed by atoms with van der Waals surface area (Å²) in [6.07, 6.45) is 4.52. The molecule has 3 aliphatic rings. The maximum Gasteiger partial charge on any atom is 0.253 e. The second kappa shape index (κ2) is 6.00. The van der Waals surface area contributed by atoms with Crippen molar-refractivity contribution in [2.75, 3.05) is 13.1 Å². The number of nitrogens with one attached hydrogen (secondary N) is 2. The largest absolute Gasteiger partial charge is 0.345 e. The normalized spacial score (nSPS) is 18.5. The summed E-state index contributed by atoms with van der Waals surface area (Å²) >= 11 is 3.53. The van der Waals surface area contributed by atoms with Gasteiger partial charge in [-0.15, -0.1) is 0 Å². The van der Waals surface area contributed by atoms with Gasteiger partial charge in [0.2, 0.25) is 0 Å². The van der Waals surface area contributed by atoms with Gasteiger partial charge in [-0.05, 0) is 36.1 Å². The molecular formula is C22H20BrN5O. The lowest BCUT2D eigenvalue weighted by Gasteiger charge is -2.45. The van der Waals surface area contributed by atoms with Gasteiger partial charge < -0.3 is 15.2 Å². The third-order valence-electron chi connectivity index (χ3n) is 6.47. The van der Waals surface area contributed by atoms with Crippen LogP contribution >= 0.6 is 15.9 Å². The van der Waals surface area contributed by atoms with Gasteiger partial charge in [0.05, 0.1) is 22.5 Å². The highest BCUT2D eigenvalue weighted by molar-refractivity contribution is 9.10. The topological polar surface area (TPSA) is 71.8 Å². The Labute approximate surface area is 176 Å². The second-order valence-corrected chi connectivity index (χ2v) is 9.22. The standard InChI is InChI=1S/C22H20BrN5O/c1-28-16-8-22(10-24-11-22)27-21(29)17(16)15-6-5-13-9-25-20(26-18(13)19(15)28)12-3-2-4-14(23)7-12/h2-4,7,9,24H,5-6,8,10-11H2,1H3,(H,27,29). The minimum atomic E-state index is -0.130. The van der Waals surface area contributed by atoms with Crippen LogP contribution in [0, 0.1) is 0 Å². The van der Waals surface area contributed by atoms with Gasteiger partial charge in [0.25, 0.3) is 5.91 Å². The van der Waals surface area contributed by atoms with Crippen LogP contribution in [-0.4, -0.2) is 39.1 Å². The molecule has 6 nitrogen and oxygen atoms in total. The lowest BCUT2D eigenvalue weighted by molar-refractivity contribution is 0.0824. The molecule has 1 saturated heterocycles. The van der Waals surface area contributed by atoms with Gasteiger partial charge in [-0.2, -0.15) is 0 Å². The Bertz CT molecular complexity index is 1190. The van der Waals surface area contributed by atoms with Crippen molar-refractivity contribution in [1.82, 2.24) is 25.2 Å². The molecule has 0 unspecified atom stereocenters. The fourth-order valence-corrected chi connectivity index (χ4v) is 5.35. The summed E-state index contributed by atoms with van der Waals surface area (Å²) in [6.45, 7) is 1.67. The number of carbonyl (C=O) groups excluding carboxylic acids is 1. The van der Waals surface area contributed by atoms with E-state index in [9.17, 15) is 4.79 Å². The number of halogens is 1. The zero-order valence-corrected chi connectivity index (χ0v) is 17.6. The Balaban J connectivity index is 1.53. The van der Waals surface area contributed by atoms with E-state index in [1.54, 1.807) is 0 Å². The van der Waals surface area contributed by atoms with E-state index in [-0.39, 0.29) is 11.4 Å². The van der Waals surface area contributed by atoms with Gasteiger partial charge in [-0.3, -0.25) is 4.79 Å². The highest BCUT2D eigenvalue weighted by atomic mass is 79.9. The number of benzene rings is 1. The summed E-state index contributed by atoms with van der Waals surface area (Å²) < 4.78 is 3.21. The fraction of sp³-hybridized carbons (Fsp3) is 0.318. The quantitative estimate of drug-likeness (QED) is 0.598. The SMILES string of the molecule is Cn1c2c(c3c1-c1nc(-c4cccc(Br)c4)ncc1CC3)C(=O)NC1(CNC1)C2. The molecule has 6 rings (SSSR count). The van der Waals surface area contributed by atoms with Crippen molar-refractivity contribution >= 4 is 21.8 Å². The zero-order valence-electron chi connectivity index (χ0n) is 16.1. The number of hydrogen-bond donors (Lipinski definition) is 2. The summed E-state index contributed by atoms with van der Waals surface area (Å²) in [7, 11) is 2.08. The van der Waals surface area contributed by atoms with Crippen molar-refractivity contribution in [3.05, 3.63) is 57.3 Å². The third-order valence-corrected chi connectivity index (χ3v) is 6.96. The van der Waals surface area contributed by atoms with Gasteiger partial charge in [0.1, 0.15) is 0 Å². The van der Waals surface area contributed by atoms with Crippen LogP contribution in [0.25, 0.3) is 22.8 Å². The minimum absolute atomic E-state index is 0.0642. The molecule has 1 aromatic carbocycles. The lowest BCUT2D eigenvalue weighted by Crippen LogP contribution is -2.71. The van der Waals surface area contributed by atoms with Gasteiger partial charge in [0, 0.05) is 48.5 Å². The molecule has 0 radical (unpaired) electrons. The monoisotopic (exact) mass is 449 g/mol. The van der Waals surface area contributed by atoms with Crippen molar-refractivity contribution in [1.29, 1.82) is 0 Å². The van der Waals surface area contributed by atoms with Gasteiger partial charge in [0.15, 0.2) is 5.82 Å². The Morgan fingerprint density at radius 3 is 2.86 bits per heavy atom. The molecule has 146 valence electrons. The maximum absolute atomic E-state index is 13.0. The number of aryl methyl sites for hydroxylation is 1. The second-order valence-electron chi connectivity index (χ2n) is 8.30. The number of fused-ring (bicyclic) bond motifs is 5. The summed E-state index contributed by atoms with van der Waals surface area (Å²) in [6, 6.07) is 8.04. The first-order valence-electron chi connectivity index (χ1n) is 9.91. The maximum atomic E-state index is 13.0. The Kier molecular flexibility index (Phi) is 3.59. The molecule has 2 aliphatic heterocycles. The molecular weight excluding hydrogens is 430 g/mol. The van der Waals surface area contributed by atoms with Crippen LogP contribution in [0.1, 0.15) is 27.2 Å². The molecule has 2 N–H and O–H groups in total. The first kappa shape index (κ1) is 17.4. The minimum Gasteiger partial charge on any atom is -0.345 e. The van der Waals surface area contributed by atoms with Crippen LogP contribution in [0.3, 0.4) is 0 Å². The van der Waals surface area contributed by atoms with Gasteiger partial charge in [-0.25, -0.2) is 9.97 Å². The predicted octanol–water partition coefficient (Wildman–Crippen LogP) is 2.64. The number of nitrogens with zero attached hydrogens (tertiary/aromatic N) is 3. The average molecular weight is 450 g/mol. The van der Waals surface area contributed by atoms with E-state index in [1.807, 2.05) is 30.5 Å². The lowest BCUT2D eigenvalue weighted by atomic mass is 9.81. The highest BCUT2D eigenvalue weighted by Gasteiger charge is 2.46. The molecule has 1 amide bonds. The van der Waals surface area contributed by atoms with Crippen LogP contribution in [0.15, 0.2) is 34.9 Å². The molecule has 1 fully saturated rings. The van der Waals surface area contributed by atoms with E-state index in [2.05, 4.69) is 43.2 Å². The van der Waals surface area contributed by atoms with Crippen LogP contribution in [0.4, 0.5) is 0 Å². The van der Waals surface area contributed by atoms with Crippen molar-refractivity contribution in [2.45, 2.75) is 24.8 Å².